The first kappa shape index (κ1) is 22.9. The first-order valence-corrected chi connectivity index (χ1v) is 9.75. The highest BCUT2D eigenvalue weighted by Gasteiger charge is 2.40. The maximum atomic E-state index is 13.0. The summed E-state index contributed by atoms with van der Waals surface area (Å²) < 4.78 is 2.06. The van der Waals surface area contributed by atoms with E-state index in [9.17, 15) is 4.79 Å². The minimum absolute atomic E-state index is 0. The van der Waals surface area contributed by atoms with Crippen LogP contribution in [-0.2, 0) is 11.3 Å². The standard InChI is InChI=1S/C20H29N5O.2ClH/c1-20(21)8-4-2-6-17(20)19(26)24-12-10-23(11-13-24)14-16-15-25-9-5-3-7-18(25)22-16;;/h3,5,7,9,15,17H,2,4,6,8,10-14,21H2,1H3;2*1H. The van der Waals surface area contributed by atoms with Gasteiger partial charge in [-0.2, -0.15) is 0 Å². The number of nitrogens with zero attached hydrogens (tertiary/aromatic N) is 4. The lowest BCUT2D eigenvalue weighted by Gasteiger charge is -2.42. The molecule has 2 unspecified atom stereocenters. The van der Waals surface area contributed by atoms with E-state index >= 15 is 0 Å². The summed E-state index contributed by atoms with van der Waals surface area (Å²) in [5.41, 5.74) is 8.15. The zero-order chi connectivity index (χ0) is 18.1. The second-order valence-electron chi connectivity index (χ2n) is 8.10. The van der Waals surface area contributed by atoms with Gasteiger partial charge in [-0.25, -0.2) is 4.98 Å². The average molecular weight is 428 g/mol. The SMILES string of the molecule is CC1(N)CCCCC1C(=O)N1CCN(Cc2cn3ccccc3n2)CC1.Cl.Cl. The number of fused-ring (bicyclic) bond motifs is 1. The number of carbonyl (C=O) groups excluding carboxylic acids is 1. The number of rotatable bonds is 3. The molecule has 1 saturated carbocycles. The van der Waals surface area contributed by atoms with Crippen molar-refractivity contribution in [3.8, 4) is 0 Å². The molecule has 1 aliphatic heterocycles. The zero-order valence-electron chi connectivity index (χ0n) is 16.4. The molecule has 1 aliphatic carbocycles. The van der Waals surface area contributed by atoms with Gasteiger partial charge in [0.1, 0.15) is 5.65 Å². The number of hydrogen-bond donors (Lipinski definition) is 1. The van der Waals surface area contributed by atoms with Crippen molar-refractivity contribution in [1.82, 2.24) is 19.2 Å². The van der Waals surface area contributed by atoms with Crippen LogP contribution in [0.4, 0.5) is 0 Å². The van der Waals surface area contributed by atoms with Gasteiger partial charge in [0.25, 0.3) is 0 Å². The smallest absolute Gasteiger partial charge is 0.227 e. The highest BCUT2D eigenvalue weighted by atomic mass is 35.5. The van der Waals surface area contributed by atoms with Crippen LogP contribution in [0.25, 0.3) is 5.65 Å². The molecule has 2 aliphatic rings. The summed E-state index contributed by atoms with van der Waals surface area (Å²) in [7, 11) is 0. The Hall–Kier alpha value is -1.34. The molecule has 28 heavy (non-hydrogen) atoms. The Morgan fingerprint density at radius 1 is 1.21 bits per heavy atom. The molecule has 6 nitrogen and oxygen atoms in total. The van der Waals surface area contributed by atoms with Crippen LogP contribution in [0.5, 0.6) is 0 Å². The first-order chi connectivity index (χ1) is 12.5. The van der Waals surface area contributed by atoms with E-state index in [4.69, 9.17) is 5.73 Å². The molecular formula is C20H31Cl2N5O. The van der Waals surface area contributed by atoms with Crippen molar-refractivity contribution in [3.63, 3.8) is 0 Å². The van der Waals surface area contributed by atoms with Crippen LogP contribution in [-0.4, -0.2) is 56.8 Å². The van der Waals surface area contributed by atoms with Crippen LogP contribution < -0.4 is 5.73 Å². The number of nitrogens with two attached hydrogens (primary N) is 1. The molecule has 2 atom stereocenters. The van der Waals surface area contributed by atoms with E-state index in [1.54, 1.807) is 0 Å². The van der Waals surface area contributed by atoms with E-state index in [1.165, 1.54) is 0 Å². The van der Waals surface area contributed by atoms with Crippen molar-refractivity contribution >= 4 is 36.4 Å². The predicted octanol–water partition coefficient (Wildman–Crippen LogP) is 2.73. The second-order valence-corrected chi connectivity index (χ2v) is 8.10. The number of halogens is 2. The molecule has 2 aromatic rings. The highest BCUT2D eigenvalue weighted by Crippen LogP contribution is 2.33. The van der Waals surface area contributed by atoms with Gasteiger partial charge in [0.15, 0.2) is 0 Å². The van der Waals surface area contributed by atoms with Crippen molar-refractivity contribution in [2.24, 2.45) is 11.7 Å². The minimum Gasteiger partial charge on any atom is -0.340 e. The summed E-state index contributed by atoms with van der Waals surface area (Å²) in [6, 6.07) is 6.04. The molecule has 0 bridgehead atoms. The fraction of sp³-hybridized carbons (Fsp3) is 0.600. The maximum Gasteiger partial charge on any atom is 0.227 e. The lowest BCUT2D eigenvalue weighted by Crippen LogP contribution is -2.57. The Kier molecular flexibility index (Phi) is 7.73. The highest BCUT2D eigenvalue weighted by molar-refractivity contribution is 5.85. The summed E-state index contributed by atoms with van der Waals surface area (Å²) in [5.74, 6) is 0.253. The fourth-order valence-electron chi connectivity index (χ4n) is 4.40. The van der Waals surface area contributed by atoms with Gasteiger partial charge in [0, 0.05) is 50.7 Å². The molecule has 1 amide bonds. The van der Waals surface area contributed by atoms with E-state index < -0.39 is 0 Å². The van der Waals surface area contributed by atoms with Crippen LogP contribution in [0.15, 0.2) is 30.6 Å². The lowest BCUT2D eigenvalue weighted by atomic mass is 9.74. The Morgan fingerprint density at radius 2 is 1.96 bits per heavy atom. The van der Waals surface area contributed by atoms with Crippen LogP contribution in [0.3, 0.4) is 0 Å². The number of piperazine rings is 1. The molecule has 4 rings (SSSR count). The summed E-state index contributed by atoms with van der Waals surface area (Å²) in [6.07, 6.45) is 8.27. The Balaban J connectivity index is 0.00000140. The Bertz CT molecular complexity index is 753. The number of pyridine rings is 1. The molecule has 0 spiro atoms. The number of amides is 1. The van der Waals surface area contributed by atoms with Gasteiger partial charge < -0.3 is 15.0 Å². The third-order valence-electron chi connectivity index (χ3n) is 6.04. The predicted molar refractivity (Wildman–Crippen MR) is 116 cm³/mol. The Labute approximate surface area is 179 Å². The molecule has 1 saturated heterocycles. The topological polar surface area (TPSA) is 66.9 Å². The Morgan fingerprint density at radius 3 is 2.64 bits per heavy atom. The van der Waals surface area contributed by atoms with E-state index in [2.05, 4.69) is 20.5 Å². The number of hydrogen-bond acceptors (Lipinski definition) is 4. The minimum atomic E-state index is -0.344. The van der Waals surface area contributed by atoms with Gasteiger partial charge in [-0.3, -0.25) is 9.69 Å². The molecule has 2 N–H and O–H groups in total. The molecule has 2 aromatic heterocycles. The lowest BCUT2D eigenvalue weighted by molar-refractivity contribution is -0.140. The van der Waals surface area contributed by atoms with Crippen molar-refractivity contribution in [2.45, 2.75) is 44.7 Å². The quantitative estimate of drug-likeness (QED) is 0.817. The molecule has 3 heterocycles. The monoisotopic (exact) mass is 427 g/mol. The number of imidazole rings is 1. The van der Waals surface area contributed by atoms with E-state index in [-0.39, 0.29) is 42.2 Å². The third-order valence-corrected chi connectivity index (χ3v) is 6.04. The fourth-order valence-corrected chi connectivity index (χ4v) is 4.40. The largest absolute Gasteiger partial charge is 0.340 e. The van der Waals surface area contributed by atoms with Crippen molar-refractivity contribution < 1.29 is 4.79 Å². The second kappa shape index (κ2) is 9.44. The van der Waals surface area contributed by atoms with Crippen molar-refractivity contribution in [2.75, 3.05) is 26.2 Å². The molecular weight excluding hydrogens is 397 g/mol. The maximum absolute atomic E-state index is 13.0. The van der Waals surface area contributed by atoms with Crippen molar-refractivity contribution in [1.29, 1.82) is 0 Å². The summed E-state index contributed by atoms with van der Waals surface area (Å²) in [5, 5.41) is 0. The average Bonchev–Trinajstić information content (AvgIpc) is 3.04. The summed E-state index contributed by atoms with van der Waals surface area (Å²) in [6.45, 7) is 6.26. The molecule has 0 radical (unpaired) electrons. The van der Waals surface area contributed by atoms with Gasteiger partial charge in [0.05, 0.1) is 11.6 Å². The molecule has 0 aromatic carbocycles. The van der Waals surface area contributed by atoms with Crippen LogP contribution >= 0.6 is 24.8 Å². The zero-order valence-corrected chi connectivity index (χ0v) is 18.1. The molecule has 2 fully saturated rings. The van der Waals surface area contributed by atoms with Gasteiger partial charge in [-0.05, 0) is 31.9 Å². The third kappa shape index (κ3) is 4.79. The van der Waals surface area contributed by atoms with E-state index in [0.717, 1.165) is 69.7 Å². The van der Waals surface area contributed by atoms with Crippen LogP contribution in [0, 0.1) is 5.92 Å². The van der Waals surface area contributed by atoms with Crippen LogP contribution in [0.2, 0.25) is 0 Å². The number of aromatic nitrogens is 2. The number of carbonyl (C=O) groups is 1. The molecule has 156 valence electrons. The van der Waals surface area contributed by atoms with Crippen LogP contribution in [0.1, 0.15) is 38.3 Å². The first-order valence-electron chi connectivity index (χ1n) is 9.75. The summed E-state index contributed by atoms with van der Waals surface area (Å²) in [4.78, 5) is 22.1. The van der Waals surface area contributed by atoms with Gasteiger partial charge in [-0.15, -0.1) is 24.8 Å². The van der Waals surface area contributed by atoms with Gasteiger partial charge >= 0.3 is 0 Å². The van der Waals surface area contributed by atoms with Crippen molar-refractivity contribution in [3.05, 3.63) is 36.3 Å². The normalized spacial score (nSPS) is 25.8. The van der Waals surface area contributed by atoms with Gasteiger partial charge in [0.2, 0.25) is 5.91 Å². The summed E-state index contributed by atoms with van der Waals surface area (Å²) >= 11 is 0. The van der Waals surface area contributed by atoms with Gasteiger partial charge in [-0.1, -0.05) is 18.9 Å². The molecule has 8 heteroatoms. The van der Waals surface area contributed by atoms with E-state index in [0.29, 0.717) is 0 Å². The van der Waals surface area contributed by atoms with E-state index in [1.807, 2.05) is 36.2 Å².